The van der Waals surface area contributed by atoms with Gasteiger partial charge in [-0.2, -0.15) is 0 Å². The zero-order chi connectivity index (χ0) is 14.3. The monoisotopic (exact) mass is 276 g/mol. The molecule has 0 saturated carbocycles. The van der Waals surface area contributed by atoms with Crippen LogP contribution in [-0.4, -0.2) is 16.3 Å². The van der Waals surface area contributed by atoms with Gasteiger partial charge in [-0.25, -0.2) is 0 Å². The van der Waals surface area contributed by atoms with E-state index < -0.39 is 13.9 Å². The summed E-state index contributed by atoms with van der Waals surface area (Å²) in [5, 5.41) is 0. The van der Waals surface area contributed by atoms with E-state index in [4.69, 9.17) is 9.42 Å². The maximum atomic E-state index is 11.9. The van der Waals surface area contributed by atoms with Gasteiger partial charge in [0.15, 0.2) is 5.78 Å². The Hall–Kier alpha value is -0.440. The van der Waals surface area contributed by atoms with Crippen LogP contribution in [0.2, 0.25) is 0 Å². The average Bonchev–Trinajstić information content (AvgIpc) is 2.14. The van der Waals surface area contributed by atoms with Crippen LogP contribution in [0.15, 0.2) is 11.6 Å². The first-order valence-corrected chi connectivity index (χ1v) is 7.50. The van der Waals surface area contributed by atoms with Gasteiger partial charge in [0.05, 0.1) is 0 Å². The first-order chi connectivity index (χ1) is 8.15. The van der Waals surface area contributed by atoms with Crippen molar-refractivity contribution < 1.29 is 18.8 Å². The Morgan fingerprint density at radius 3 is 2.44 bits per heavy atom. The first-order valence-electron chi connectivity index (χ1n) is 6.23. The molecule has 0 radical (unpaired) electrons. The van der Waals surface area contributed by atoms with Crippen molar-refractivity contribution in [3.63, 3.8) is 0 Å². The zero-order valence-corrected chi connectivity index (χ0v) is 12.9. The van der Waals surface area contributed by atoms with Gasteiger partial charge in [-0.15, -0.1) is 0 Å². The lowest BCUT2D eigenvalue weighted by Gasteiger charge is -2.23. The fourth-order valence-corrected chi connectivity index (χ4v) is 2.15. The molecule has 0 aliphatic carbocycles. The molecule has 0 aliphatic rings. The maximum Gasteiger partial charge on any atom is 0.317 e. The third-order valence-electron chi connectivity index (χ3n) is 2.76. The van der Waals surface area contributed by atoms with E-state index in [1.807, 2.05) is 20.8 Å². The molecule has 18 heavy (non-hydrogen) atoms. The molecule has 0 aromatic rings. The minimum Gasteiger partial charge on any atom is -0.326 e. The molecule has 0 aliphatic heterocycles. The van der Waals surface area contributed by atoms with Gasteiger partial charge < -0.3 is 4.89 Å². The van der Waals surface area contributed by atoms with Crippen molar-refractivity contribution in [2.24, 2.45) is 5.92 Å². The Morgan fingerprint density at radius 2 is 2.00 bits per heavy atom. The molecule has 0 aromatic heterocycles. The Kier molecular flexibility index (Phi) is 7.69. The quantitative estimate of drug-likeness (QED) is 0.544. The van der Waals surface area contributed by atoms with E-state index in [0.29, 0.717) is 6.42 Å². The Bertz CT molecular complexity index is 330. The van der Waals surface area contributed by atoms with Crippen LogP contribution in [-0.2, 0) is 13.9 Å². The molecular weight excluding hydrogens is 251 g/mol. The molecule has 0 aromatic carbocycles. The topological polar surface area (TPSA) is 63.6 Å². The summed E-state index contributed by atoms with van der Waals surface area (Å²) in [5.41, 5.74) is 0.103. The van der Waals surface area contributed by atoms with Crippen LogP contribution in [0.3, 0.4) is 0 Å². The fourth-order valence-electron chi connectivity index (χ4n) is 1.60. The summed E-state index contributed by atoms with van der Waals surface area (Å²) >= 11 is 0. The lowest BCUT2D eigenvalue weighted by molar-refractivity contribution is -0.132. The number of hydrogen-bond donors (Lipinski definition) is 1. The van der Waals surface area contributed by atoms with Gasteiger partial charge in [-0.05, 0) is 46.5 Å². The van der Waals surface area contributed by atoms with Crippen molar-refractivity contribution in [3.05, 3.63) is 11.6 Å². The highest BCUT2D eigenvalue weighted by molar-refractivity contribution is 7.32. The minimum absolute atomic E-state index is 0.125. The molecule has 2 atom stereocenters. The number of rotatable bonds is 8. The minimum atomic E-state index is -3.08. The number of allylic oxidation sites excluding steroid dienone is 2. The summed E-state index contributed by atoms with van der Waals surface area (Å²) < 4.78 is 15.4. The van der Waals surface area contributed by atoms with E-state index in [1.54, 1.807) is 0 Å². The number of carbonyl (C=O) groups excluding carboxylic acids is 1. The van der Waals surface area contributed by atoms with Gasteiger partial charge >= 0.3 is 8.25 Å². The Balaban J connectivity index is 4.22. The molecule has 1 N–H and O–H groups in total. The highest BCUT2D eigenvalue weighted by Crippen LogP contribution is 2.28. The van der Waals surface area contributed by atoms with Crippen molar-refractivity contribution in [2.45, 2.75) is 59.5 Å². The second-order valence-electron chi connectivity index (χ2n) is 5.47. The van der Waals surface area contributed by atoms with Crippen LogP contribution < -0.4 is 0 Å². The van der Waals surface area contributed by atoms with Crippen molar-refractivity contribution >= 4 is 14.0 Å². The van der Waals surface area contributed by atoms with Gasteiger partial charge in [-0.1, -0.05) is 18.6 Å². The first kappa shape index (κ1) is 17.6. The Labute approximate surface area is 110 Å². The summed E-state index contributed by atoms with van der Waals surface area (Å²) in [6.07, 6.45) is 4.41. The molecule has 106 valence electrons. The van der Waals surface area contributed by atoms with Crippen LogP contribution in [0.5, 0.6) is 0 Å². The summed E-state index contributed by atoms with van der Waals surface area (Å²) in [6, 6.07) is 0. The van der Waals surface area contributed by atoms with E-state index in [2.05, 4.69) is 6.08 Å². The van der Waals surface area contributed by atoms with Gasteiger partial charge in [-0.3, -0.25) is 13.9 Å². The van der Waals surface area contributed by atoms with Crippen molar-refractivity contribution in [3.8, 4) is 0 Å². The van der Waals surface area contributed by atoms with Crippen LogP contribution in [0.1, 0.15) is 53.9 Å². The normalized spacial score (nSPS) is 15.0. The molecule has 0 bridgehead atoms. The highest BCUT2D eigenvalue weighted by Gasteiger charge is 2.30. The summed E-state index contributed by atoms with van der Waals surface area (Å²) in [5.74, 6) is 0.122. The predicted octanol–water partition coefficient (Wildman–Crippen LogP) is 3.51. The van der Waals surface area contributed by atoms with Gasteiger partial charge in [0, 0.05) is 6.42 Å². The Morgan fingerprint density at radius 1 is 1.44 bits per heavy atom. The van der Waals surface area contributed by atoms with Gasteiger partial charge in [0.25, 0.3) is 0 Å². The van der Waals surface area contributed by atoms with Gasteiger partial charge in [0.2, 0.25) is 0 Å². The fraction of sp³-hybridized carbons (Fsp3) is 0.769. The van der Waals surface area contributed by atoms with Crippen molar-refractivity contribution in [1.82, 2.24) is 0 Å². The van der Waals surface area contributed by atoms with Crippen LogP contribution in [0.4, 0.5) is 0 Å². The molecule has 0 saturated heterocycles. The van der Waals surface area contributed by atoms with E-state index in [1.165, 1.54) is 19.4 Å². The smallest absolute Gasteiger partial charge is 0.317 e. The van der Waals surface area contributed by atoms with Crippen LogP contribution in [0.25, 0.3) is 0 Å². The second kappa shape index (κ2) is 7.88. The molecule has 0 spiro atoms. The lowest BCUT2D eigenvalue weighted by atomic mass is 9.92. The van der Waals surface area contributed by atoms with Crippen molar-refractivity contribution in [1.29, 1.82) is 0 Å². The van der Waals surface area contributed by atoms with E-state index in [9.17, 15) is 9.36 Å². The van der Waals surface area contributed by atoms with E-state index in [-0.39, 0.29) is 11.7 Å². The summed E-state index contributed by atoms with van der Waals surface area (Å²) in [7, 11) is -3.08. The molecule has 0 amide bonds. The van der Waals surface area contributed by atoms with Crippen LogP contribution in [0, 0.1) is 5.92 Å². The highest BCUT2D eigenvalue weighted by atomic mass is 31.1. The molecule has 2 unspecified atom stereocenters. The van der Waals surface area contributed by atoms with Gasteiger partial charge in [0.1, 0.15) is 5.60 Å². The largest absolute Gasteiger partial charge is 0.326 e. The van der Waals surface area contributed by atoms with E-state index >= 15 is 0 Å². The molecule has 5 heteroatoms. The third kappa shape index (κ3) is 7.80. The standard InChI is InChI=1S/C13H25O4P/c1-10(2)7-6-8-11(3)9-12(14)13(4,5)17-18(15)16/h7,11,18H,6,8-9H2,1-5H3,(H,15,16). The SMILES string of the molecule is CC(C)=CCCC(C)CC(=O)C(C)(C)O[PH](=O)O. The number of carbonyl (C=O) groups is 1. The average molecular weight is 276 g/mol. The second-order valence-corrected chi connectivity index (χ2v) is 6.21. The molecule has 0 fully saturated rings. The van der Waals surface area contributed by atoms with Crippen molar-refractivity contribution in [2.75, 3.05) is 0 Å². The zero-order valence-electron chi connectivity index (χ0n) is 11.9. The summed E-state index contributed by atoms with van der Waals surface area (Å²) in [4.78, 5) is 20.7. The molecular formula is C13H25O4P. The number of ketones is 1. The molecule has 0 heterocycles. The third-order valence-corrected chi connectivity index (χ3v) is 3.44. The maximum absolute atomic E-state index is 11.9. The number of hydrogen-bond acceptors (Lipinski definition) is 3. The summed E-state index contributed by atoms with van der Waals surface area (Å²) in [6.45, 7) is 9.18. The van der Waals surface area contributed by atoms with Crippen LogP contribution >= 0.6 is 8.25 Å². The molecule has 0 rings (SSSR count). The molecule has 4 nitrogen and oxygen atoms in total. The van der Waals surface area contributed by atoms with E-state index in [0.717, 1.165) is 12.8 Å². The lowest BCUT2D eigenvalue weighted by Crippen LogP contribution is -2.34. The predicted molar refractivity (Wildman–Crippen MR) is 73.8 cm³/mol. The number of Topliss-reactive ketones (excluding diaryl/α,β-unsaturated/α-hetero) is 1.